The highest BCUT2D eigenvalue weighted by Crippen LogP contribution is 2.37. The van der Waals surface area contributed by atoms with Gasteiger partial charge in [-0.15, -0.1) is 0 Å². The molecule has 4 nitrogen and oxygen atoms in total. The highest BCUT2D eigenvalue weighted by molar-refractivity contribution is 5.83. The van der Waals surface area contributed by atoms with Gasteiger partial charge in [0.05, 0.1) is 5.41 Å². The Morgan fingerprint density at radius 1 is 1.20 bits per heavy atom. The van der Waals surface area contributed by atoms with Crippen molar-refractivity contribution in [3.05, 3.63) is 0 Å². The molecular formula is C16H31N3O. The SMILES string of the molecule is CN(C)C1(CNC(=O)C2(C)CCCC2N)CCCCC1. The Kier molecular flexibility index (Phi) is 4.75. The Morgan fingerprint density at radius 2 is 1.85 bits per heavy atom. The standard InChI is InChI=1S/C16H31N3O/c1-15(9-7-8-13(15)17)14(20)18-12-16(19(2)3)10-5-4-6-11-16/h13H,4-12,17H2,1-3H3,(H,18,20). The van der Waals surface area contributed by atoms with Crippen molar-refractivity contribution in [2.45, 2.75) is 69.9 Å². The average molecular weight is 281 g/mol. The molecule has 0 aromatic heterocycles. The fourth-order valence-electron chi connectivity index (χ4n) is 3.91. The number of carbonyl (C=O) groups excluding carboxylic acids is 1. The Morgan fingerprint density at radius 3 is 2.35 bits per heavy atom. The molecule has 0 bridgehead atoms. The van der Waals surface area contributed by atoms with E-state index in [4.69, 9.17) is 5.73 Å². The molecule has 0 aromatic rings. The zero-order chi connectivity index (χ0) is 14.8. The molecule has 116 valence electrons. The van der Waals surface area contributed by atoms with E-state index < -0.39 is 0 Å². The lowest BCUT2D eigenvalue weighted by atomic mass is 9.79. The second-order valence-corrected chi connectivity index (χ2v) is 7.28. The summed E-state index contributed by atoms with van der Waals surface area (Å²) in [7, 11) is 4.28. The summed E-state index contributed by atoms with van der Waals surface area (Å²) in [5, 5.41) is 3.23. The molecule has 2 aliphatic rings. The van der Waals surface area contributed by atoms with Crippen molar-refractivity contribution in [3.8, 4) is 0 Å². The number of hydrogen-bond donors (Lipinski definition) is 2. The minimum atomic E-state index is -0.359. The van der Waals surface area contributed by atoms with E-state index in [0.717, 1.165) is 25.8 Å². The number of carbonyl (C=O) groups is 1. The molecule has 3 N–H and O–H groups in total. The molecular weight excluding hydrogens is 250 g/mol. The number of hydrogen-bond acceptors (Lipinski definition) is 3. The van der Waals surface area contributed by atoms with Crippen LogP contribution in [0.25, 0.3) is 0 Å². The van der Waals surface area contributed by atoms with Crippen LogP contribution in [0, 0.1) is 5.41 Å². The Hall–Kier alpha value is -0.610. The Labute approximate surface area is 123 Å². The van der Waals surface area contributed by atoms with E-state index >= 15 is 0 Å². The van der Waals surface area contributed by atoms with Crippen molar-refractivity contribution in [2.24, 2.45) is 11.1 Å². The molecule has 0 spiro atoms. The smallest absolute Gasteiger partial charge is 0.227 e. The molecule has 2 fully saturated rings. The minimum Gasteiger partial charge on any atom is -0.354 e. The van der Waals surface area contributed by atoms with E-state index in [1.165, 1.54) is 32.1 Å². The summed E-state index contributed by atoms with van der Waals surface area (Å²) in [4.78, 5) is 14.9. The Balaban J connectivity index is 1.97. The zero-order valence-electron chi connectivity index (χ0n) is 13.4. The van der Waals surface area contributed by atoms with Crippen molar-refractivity contribution >= 4 is 5.91 Å². The molecule has 2 aliphatic carbocycles. The molecule has 2 atom stereocenters. The number of likely N-dealkylation sites (N-methyl/N-ethyl adjacent to an activating group) is 1. The first kappa shape index (κ1) is 15.8. The van der Waals surface area contributed by atoms with Gasteiger partial charge in [-0.3, -0.25) is 4.79 Å². The fraction of sp³-hybridized carbons (Fsp3) is 0.938. The molecule has 0 radical (unpaired) electrons. The summed E-state index contributed by atoms with van der Waals surface area (Å²) in [6, 6.07) is 0.0177. The van der Waals surface area contributed by atoms with Gasteiger partial charge in [0.25, 0.3) is 0 Å². The van der Waals surface area contributed by atoms with Crippen LogP contribution in [0.4, 0.5) is 0 Å². The van der Waals surface area contributed by atoms with Gasteiger partial charge in [-0.05, 0) is 46.7 Å². The van der Waals surface area contributed by atoms with Crippen molar-refractivity contribution in [2.75, 3.05) is 20.6 Å². The third-order valence-electron chi connectivity index (χ3n) is 5.86. The number of amides is 1. The van der Waals surface area contributed by atoms with Crippen LogP contribution < -0.4 is 11.1 Å². The van der Waals surface area contributed by atoms with E-state index in [1.807, 2.05) is 6.92 Å². The Bertz CT molecular complexity index is 350. The van der Waals surface area contributed by atoms with Crippen LogP contribution in [0.15, 0.2) is 0 Å². The minimum absolute atomic E-state index is 0.0177. The van der Waals surface area contributed by atoms with E-state index in [-0.39, 0.29) is 22.9 Å². The maximum Gasteiger partial charge on any atom is 0.227 e. The fourth-order valence-corrected chi connectivity index (χ4v) is 3.91. The molecule has 0 aliphatic heterocycles. The van der Waals surface area contributed by atoms with Crippen molar-refractivity contribution in [3.63, 3.8) is 0 Å². The second kappa shape index (κ2) is 6.02. The quantitative estimate of drug-likeness (QED) is 0.827. The summed E-state index contributed by atoms with van der Waals surface area (Å²) in [5.74, 6) is 0.161. The van der Waals surface area contributed by atoms with Gasteiger partial charge in [-0.1, -0.05) is 25.7 Å². The maximum absolute atomic E-state index is 12.6. The number of rotatable bonds is 4. The van der Waals surface area contributed by atoms with E-state index in [2.05, 4.69) is 24.3 Å². The van der Waals surface area contributed by atoms with Crippen LogP contribution in [-0.4, -0.2) is 43.0 Å². The molecule has 0 saturated heterocycles. The predicted molar refractivity (Wildman–Crippen MR) is 82.4 cm³/mol. The first-order chi connectivity index (χ1) is 9.41. The summed E-state index contributed by atoms with van der Waals surface area (Å²) in [6.45, 7) is 2.80. The number of nitrogens with two attached hydrogens (primary N) is 1. The van der Waals surface area contributed by atoms with Gasteiger partial charge < -0.3 is 16.0 Å². The third-order valence-corrected chi connectivity index (χ3v) is 5.86. The van der Waals surface area contributed by atoms with Crippen LogP contribution in [0.3, 0.4) is 0 Å². The topological polar surface area (TPSA) is 58.4 Å². The van der Waals surface area contributed by atoms with Crippen LogP contribution in [0.5, 0.6) is 0 Å². The third kappa shape index (κ3) is 2.86. The van der Waals surface area contributed by atoms with Gasteiger partial charge in [0.15, 0.2) is 0 Å². The van der Waals surface area contributed by atoms with E-state index in [1.54, 1.807) is 0 Å². The highest BCUT2D eigenvalue weighted by atomic mass is 16.2. The van der Waals surface area contributed by atoms with E-state index in [0.29, 0.717) is 0 Å². The normalized spacial score (nSPS) is 33.4. The van der Waals surface area contributed by atoms with Crippen LogP contribution in [-0.2, 0) is 4.79 Å². The lowest BCUT2D eigenvalue weighted by Crippen LogP contribution is -2.56. The molecule has 2 rings (SSSR count). The molecule has 4 heteroatoms. The highest BCUT2D eigenvalue weighted by Gasteiger charge is 2.44. The van der Waals surface area contributed by atoms with Gasteiger partial charge in [0, 0.05) is 18.1 Å². The summed E-state index contributed by atoms with van der Waals surface area (Å²) in [5.41, 5.74) is 5.93. The maximum atomic E-state index is 12.6. The molecule has 20 heavy (non-hydrogen) atoms. The van der Waals surface area contributed by atoms with Gasteiger partial charge in [-0.25, -0.2) is 0 Å². The summed E-state index contributed by atoms with van der Waals surface area (Å²) in [6.07, 6.45) is 9.20. The first-order valence-electron chi connectivity index (χ1n) is 8.12. The molecule has 0 heterocycles. The van der Waals surface area contributed by atoms with Crippen molar-refractivity contribution in [1.29, 1.82) is 0 Å². The van der Waals surface area contributed by atoms with Crippen molar-refractivity contribution < 1.29 is 4.79 Å². The van der Waals surface area contributed by atoms with Crippen LogP contribution in [0.1, 0.15) is 58.3 Å². The largest absolute Gasteiger partial charge is 0.354 e. The van der Waals surface area contributed by atoms with Gasteiger partial charge in [0.1, 0.15) is 0 Å². The summed E-state index contributed by atoms with van der Waals surface area (Å²) < 4.78 is 0. The lowest BCUT2D eigenvalue weighted by Gasteiger charge is -2.43. The molecule has 2 unspecified atom stereocenters. The lowest BCUT2D eigenvalue weighted by molar-refractivity contribution is -0.131. The zero-order valence-corrected chi connectivity index (χ0v) is 13.4. The van der Waals surface area contributed by atoms with Crippen LogP contribution in [0.2, 0.25) is 0 Å². The molecule has 0 aromatic carbocycles. The predicted octanol–water partition coefficient (Wildman–Crippen LogP) is 1.88. The second-order valence-electron chi connectivity index (χ2n) is 7.28. The average Bonchev–Trinajstić information content (AvgIpc) is 2.78. The summed E-state index contributed by atoms with van der Waals surface area (Å²) >= 11 is 0. The van der Waals surface area contributed by atoms with Crippen molar-refractivity contribution in [1.82, 2.24) is 10.2 Å². The number of nitrogens with zero attached hydrogens (tertiary/aromatic N) is 1. The van der Waals surface area contributed by atoms with E-state index in [9.17, 15) is 4.79 Å². The van der Waals surface area contributed by atoms with Gasteiger partial charge >= 0.3 is 0 Å². The molecule has 1 amide bonds. The monoisotopic (exact) mass is 281 g/mol. The van der Waals surface area contributed by atoms with Gasteiger partial charge in [0.2, 0.25) is 5.91 Å². The van der Waals surface area contributed by atoms with Crippen LogP contribution >= 0.6 is 0 Å². The first-order valence-corrected chi connectivity index (χ1v) is 8.12. The number of nitrogens with one attached hydrogen (secondary N) is 1. The molecule has 2 saturated carbocycles. The van der Waals surface area contributed by atoms with Gasteiger partial charge in [-0.2, -0.15) is 0 Å².